The highest BCUT2D eigenvalue weighted by Gasteiger charge is 2.59. The Morgan fingerprint density at radius 3 is 2.47 bits per heavy atom. The molecule has 30 heavy (non-hydrogen) atoms. The van der Waals surface area contributed by atoms with Crippen molar-refractivity contribution in [3.8, 4) is 17.6 Å². The van der Waals surface area contributed by atoms with Crippen LogP contribution in [0.2, 0.25) is 5.02 Å². The van der Waals surface area contributed by atoms with Gasteiger partial charge in [0.15, 0.2) is 6.61 Å². The van der Waals surface area contributed by atoms with Crippen LogP contribution in [0.25, 0.3) is 0 Å². The summed E-state index contributed by atoms with van der Waals surface area (Å²) < 4.78 is 32.0. The molecule has 1 aliphatic rings. The van der Waals surface area contributed by atoms with E-state index in [0.717, 1.165) is 0 Å². The van der Waals surface area contributed by atoms with Crippen LogP contribution in [0.4, 0.5) is 0 Å². The highest BCUT2D eigenvalue weighted by molar-refractivity contribution is 8.25. The molecule has 160 valence electrons. The van der Waals surface area contributed by atoms with Crippen LogP contribution in [0, 0.1) is 11.8 Å². The number of hydrogen-bond donors (Lipinski definition) is 3. The summed E-state index contributed by atoms with van der Waals surface area (Å²) in [4.78, 5) is 11.2. The third-order valence-electron chi connectivity index (χ3n) is 5.71. The minimum absolute atomic E-state index is 0.299. The second-order valence-electron chi connectivity index (χ2n) is 7.58. The van der Waals surface area contributed by atoms with Crippen LogP contribution < -0.4 is 4.74 Å². The molecule has 1 unspecified atom stereocenters. The van der Waals surface area contributed by atoms with Crippen molar-refractivity contribution in [1.29, 1.82) is 0 Å². The van der Waals surface area contributed by atoms with E-state index in [4.69, 9.17) is 26.2 Å². The predicted octanol–water partition coefficient (Wildman–Crippen LogP) is 4.97. The summed E-state index contributed by atoms with van der Waals surface area (Å²) in [7, 11) is -1.59. The van der Waals surface area contributed by atoms with Gasteiger partial charge in [0.05, 0.1) is 15.2 Å². The Kier molecular flexibility index (Phi) is 5.84. The average Bonchev–Trinajstić information content (AvgIpc) is 2.81. The molecule has 1 atom stereocenters. The van der Waals surface area contributed by atoms with Crippen LogP contribution in [0.5, 0.6) is 5.75 Å². The smallest absolute Gasteiger partial charge is 0.341 e. The molecule has 6 nitrogen and oxygen atoms in total. The Labute approximate surface area is 182 Å². The number of hydrogen-bond acceptors (Lipinski definition) is 5. The first kappa shape index (κ1) is 22.5. The van der Waals surface area contributed by atoms with Gasteiger partial charge in [-0.15, -0.1) is 0 Å². The molecule has 3 rings (SSSR count). The van der Waals surface area contributed by atoms with Gasteiger partial charge in [0, 0.05) is 23.3 Å². The summed E-state index contributed by atoms with van der Waals surface area (Å²) in [6, 6.07) is 9.96. The number of ether oxygens (including phenoxy) is 2. The molecule has 0 saturated carbocycles. The van der Waals surface area contributed by atoms with Crippen molar-refractivity contribution < 1.29 is 28.5 Å². The van der Waals surface area contributed by atoms with Gasteiger partial charge in [0.25, 0.3) is 0 Å². The summed E-state index contributed by atoms with van der Waals surface area (Å²) in [5.41, 5.74) is 0.846. The van der Waals surface area contributed by atoms with Crippen molar-refractivity contribution in [2.75, 3.05) is 13.7 Å². The van der Waals surface area contributed by atoms with Gasteiger partial charge in [-0.25, -0.2) is 4.79 Å². The molecule has 2 aromatic rings. The zero-order valence-electron chi connectivity index (χ0n) is 17.0. The molecule has 0 aliphatic carbocycles. The minimum atomic E-state index is -3.15. The topological polar surface area (TPSA) is 96.2 Å². The molecule has 8 heteroatoms. The predicted molar refractivity (Wildman–Crippen MR) is 117 cm³/mol. The Hall–Kier alpha value is -2.21. The first-order valence-electron chi connectivity index (χ1n) is 9.07. The number of carboxylic acid groups (broad SMARTS) is 1. The van der Waals surface area contributed by atoms with E-state index in [9.17, 15) is 13.9 Å². The number of rotatable bonds is 4. The van der Waals surface area contributed by atoms with Gasteiger partial charge in [0.1, 0.15) is 11.4 Å². The third-order valence-corrected chi connectivity index (χ3v) is 8.70. The van der Waals surface area contributed by atoms with E-state index >= 15 is 0 Å². The van der Waals surface area contributed by atoms with Crippen molar-refractivity contribution >= 4 is 28.2 Å². The van der Waals surface area contributed by atoms with E-state index < -0.39 is 33.5 Å². The summed E-state index contributed by atoms with van der Waals surface area (Å²) in [6.07, 6.45) is 0. The standard InChI is InChI=1S/C22H23ClO6S/c1-21(2)22(3,28-4)17-9-6-14(11-19(17)30(21,26)27)5-7-15-12-16(23)8-10-18(15)29-13-20(24)25/h6,8-12,26-27H,13H2,1-4H3,(H,24,25). The maximum atomic E-state index is 11.0. The van der Waals surface area contributed by atoms with Crippen molar-refractivity contribution in [3.63, 3.8) is 0 Å². The van der Waals surface area contributed by atoms with E-state index in [0.29, 0.717) is 32.4 Å². The lowest BCUT2D eigenvalue weighted by atomic mass is 9.84. The van der Waals surface area contributed by atoms with Gasteiger partial charge in [-0.2, -0.15) is 10.6 Å². The Morgan fingerprint density at radius 2 is 1.83 bits per heavy atom. The first-order chi connectivity index (χ1) is 13.9. The number of benzene rings is 2. The fraction of sp³-hybridized carbons (Fsp3) is 0.318. The lowest BCUT2D eigenvalue weighted by Gasteiger charge is -2.47. The molecule has 3 N–H and O–H groups in total. The molecule has 1 heterocycles. The number of aliphatic carboxylic acids is 1. The maximum Gasteiger partial charge on any atom is 0.341 e. The summed E-state index contributed by atoms with van der Waals surface area (Å²) in [6.45, 7) is 4.89. The molecule has 1 aliphatic heterocycles. The fourth-order valence-corrected chi connectivity index (χ4v) is 5.78. The molecule has 0 radical (unpaired) electrons. The van der Waals surface area contributed by atoms with E-state index in [2.05, 4.69) is 11.8 Å². The number of carboxylic acids is 1. The Balaban J connectivity index is 2.03. The molecule has 0 spiro atoms. The number of carbonyl (C=O) groups is 1. The van der Waals surface area contributed by atoms with Crippen LogP contribution >= 0.6 is 22.2 Å². The van der Waals surface area contributed by atoms with Gasteiger partial charge in [-0.3, -0.25) is 9.11 Å². The molecule has 0 amide bonds. The van der Waals surface area contributed by atoms with Crippen molar-refractivity contribution in [2.45, 2.75) is 36.0 Å². The van der Waals surface area contributed by atoms with Gasteiger partial charge in [0.2, 0.25) is 0 Å². The quantitative estimate of drug-likeness (QED) is 0.569. The molecule has 0 saturated heterocycles. The van der Waals surface area contributed by atoms with Gasteiger partial charge in [-0.05, 0) is 51.1 Å². The monoisotopic (exact) mass is 450 g/mol. The SMILES string of the molecule is COC1(C)c2ccc(C#Cc3cc(Cl)ccc3OCC(=O)O)cc2S(O)(O)C1(C)C. The van der Waals surface area contributed by atoms with Crippen LogP contribution in [-0.2, 0) is 15.1 Å². The molecular formula is C22H23ClO6S. The number of fused-ring (bicyclic) bond motifs is 1. The normalized spacial score (nSPS) is 21.8. The highest BCUT2D eigenvalue weighted by Crippen LogP contribution is 2.72. The summed E-state index contributed by atoms with van der Waals surface area (Å²) in [5.74, 6) is 5.10. The maximum absolute atomic E-state index is 11.0. The zero-order chi connectivity index (χ0) is 22.3. The second-order valence-corrected chi connectivity index (χ2v) is 10.6. The minimum Gasteiger partial charge on any atom is -0.481 e. The third kappa shape index (κ3) is 3.55. The Bertz CT molecular complexity index is 1070. The van der Waals surface area contributed by atoms with E-state index in [-0.39, 0.29) is 0 Å². The van der Waals surface area contributed by atoms with Crippen LogP contribution in [0.1, 0.15) is 37.5 Å². The molecule has 0 fully saturated rings. The second kappa shape index (κ2) is 7.80. The van der Waals surface area contributed by atoms with Gasteiger partial charge < -0.3 is 14.6 Å². The van der Waals surface area contributed by atoms with Crippen molar-refractivity contribution in [1.82, 2.24) is 0 Å². The number of halogens is 1. The van der Waals surface area contributed by atoms with E-state index in [1.54, 1.807) is 57.4 Å². The van der Waals surface area contributed by atoms with Crippen LogP contribution in [-0.4, -0.2) is 38.6 Å². The zero-order valence-corrected chi connectivity index (χ0v) is 18.6. The van der Waals surface area contributed by atoms with Crippen LogP contribution in [0.3, 0.4) is 0 Å². The Morgan fingerprint density at radius 1 is 1.13 bits per heavy atom. The summed E-state index contributed by atoms with van der Waals surface area (Å²) in [5, 5.41) is 9.26. The van der Waals surface area contributed by atoms with Gasteiger partial charge >= 0.3 is 5.97 Å². The lowest BCUT2D eigenvalue weighted by Crippen LogP contribution is -2.44. The molecule has 2 aromatic carbocycles. The fourth-order valence-electron chi connectivity index (χ4n) is 3.46. The van der Waals surface area contributed by atoms with Crippen molar-refractivity contribution in [3.05, 3.63) is 58.1 Å². The first-order valence-corrected chi connectivity index (χ1v) is 11.0. The highest BCUT2D eigenvalue weighted by atomic mass is 35.5. The summed E-state index contributed by atoms with van der Waals surface area (Å²) >= 11 is 6.04. The molecular weight excluding hydrogens is 428 g/mol. The number of methoxy groups -OCH3 is 1. The lowest BCUT2D eigenvalue weighted by molar-refractivity contribution is -0.139. The molecule has 0 aromatic heterocycles. The largest absolute Gasteiger partial charge is 0.481 e. The van der Waals surface area contributed by atoms with Crippen molar-refractivity contribution in [2.24, 2.45) is 0 Å². The molecule has 0 bridgehead atoms. The van der Waals surface area contributed by atoms with E-state index in [1.807, 2.05) is 6.92 Å². The van der Waals surface area contributed by atoms with E-state index in [1.165, 1.54) is 0 Å². The average molecular weight is 451 g/mol. The van der Waals surface area contributed by atoms with Crippen LogP contribution in [0.15, 0.2) is 41.3 Å². The van der Waals surface area contributed by atoms with Gasteiger partial charge in [-0.1, -0.05) is 29.5 Å².